The summed E-state index contributed by atoms with van der Waals surface area (Å²) < 4.78 is 6.93. The summed E-state index contributed by atoms with van der Waals surface area (Å²) in [4.78, 5) is 11.8. The van der Waals surface area contributed by atoms with Gasteiger partial charge >= 0.3 is 5.63 Å². The van der Waals surface area contributed by atoms with Crippen LogP contribution in [0.2, 0.25) is 0 Å². The van der Waals surface area contributed by atoms with Crippen molar-refractivity contribution in [2.24, 2.45) is 0 Å². The van der Waals surface area contributed by atoms with E-state index < -0.39 is 0 Å². The zero-order valence-electron chi connectivity index (χ0n) is 14.4. The lowest BCUT2D eigenvalue weighted by Crippen LogP contribution is -2.06. The summed E-state index contributed by atoms with van der Waals surface area (Å²) in [5.74, 6) is 0. The van der Waals surface area contributed by atoms with Crippen LogP contribution in [-0.2, 0) is 6.54 Å². The summed E-state index contributed by atoms with van der Waals surface area (Å²) in [5.41, 5.74) is 5.13. The molecule has 4 rings (SSSR count). The zero-order chi connectivity index (χ0) is 18.1. The molecule has 26 heavy (non-hydrogen) atoms. The summed E-state index contributed by atoms with van der Waals surface area (Å²) >= 11 is 0. The van der Waals surface area contributed by atoms with Crippen molar-refractivity contribution in [1.29, 1.82) is 0 Å². The molecule has 0 aliphatic heterocycles. The van der Waals surface area contributed by atoms with Crippen LogP contribution in [0.25, 0.3) is 16.7 Å². The molecule has 4 aromatic rings. The molecule has 0 spiro atoms. The number of hydrogen-bond acceptors (Lipinski definition) is 6. The number of aromatic nitrogens is 4. The van der Waals surface area contributed by atoms with Crippen LogP contribution in [0, 0.1) is 13.8 Å². The van der Waals surface area contributed by atoms with Gasteiger partial charge < -0.3 is 9.73 Å². The molecule has 0 fully saturated rings. The number of fused-ring (bicyclic) bond motifs is 1. The van der Waals surface area contributed by atoms with Gasteiger partial charge in [-0.25, -0.2) is 9.48 Å². The minimum Gasteiger partial charge on any atom is -0.423 e. The molecule has 7 nitrogen and oxygen atoms in total. The molecule has 0 unspecified atom stereocenters. The molecular formula is C19H17N5O2. The van der Waals surface area contributed by atoms with Crippen molar-refractivity contribution < 1.29 is 4.42 Å². The molecule has 2 heterocycles. The van der Waals surface area contributed by atoms with Gasteiger partial charge in [0.2, 0.25) is 0 Å². The smallest absolute Gasteiger partial charge is 0.336 e. The molecular weight excluding hydrogens is 330 g/mol. The Kier molecular flexibility index (Phi) is 3.96. The van der Waals surface area contributed by atoms with Gasteiger partial charge in [-0.3, -0.25) is 0 Å². The number of tetrazole rings is 1. The van der Waals surface area contributed by atoms with E-state index in [0.29, 0.717) is 12.1 Å². The van der Waals surface area contributed by atoms with Gasteiger partial charge in [0.25, 0.3) is 0 Å². The fourth-order valence-electron chi connectivity index (χ4n) is 2.97. The summed E-state index contributed by atoms with van der Waals surface area (Å²) in [6.45, 7) is 4.49. The third-order valence-corrected chi connectivity index (χ3v) is 4.26. The maximum Gasteiger partial charge on any atom is 0.336 e. The van der Waals surface area contributed by atoms with E-state index in [1.807, 2.05) is 50.2 Å². The standard InChI is InChI=1S/C19H17N5O2/c1-12-3-5-16-14(9-19(25)26-18(16)7-12)10-20-15-4-6-17(13(2)8-15)24-11-21-22-23-24/h3-9,11,20H,10H2,1-2H3. The molecule has 0 saturated heterocycles. The van der Waals surface area contributed by atoms with E-state index in [9.17, 15) is 4.79 Å². The Balaban J connectivity index is 1.61. The van der Waals surface area contributed by atoms with Crippen LogP contribution in [0.5, 0.6) is 0 Å². The Morgan fingerprint density at radius 3 is 2.77 bits per heavy atom. The number of benzene rings is 2. The topological polar surface area (TPSA) is 85.8 Å². The predicted molar refractivity (Wildman–Crippen MR) is 98.4 cm³/mol. The van der Waals surface area contributed by atoms with Crippen molar-refractivity contribution in [3.05, 3.63) is 75.9 Å². The first-order valence-corrected chi connectivity index (χ1v) is 8.21. The van der Waals surface area contributed by atoms with Crippen LogP contribution < -0.4 is 10.9 Å². The largest absolute Gasteiger partial charge is 0.423 e. The Bertz CT molecular complexity index is 1130. The van der Waals surface area contributed by atoms with E-state index >= 15 is 0 Å². The first kappa shape index (κ1) is 16.0. The highest BCUT2D eigenvalue weighted by molar-refractivity contribution is 5.81. The molecule has 1 N–H and O–H groups in total. The van der Waals surface area contributed by atoms with Gasteiger partial charge in [0, 0.05) is 23.7 Å². The van der Waals surface area contributed by atoms with E-state index in [1.54, 1.807) is 11.0 Å². The van der Waals surface area contributed by atoms with Crippen molar-refractivity contribution in [3.63, 3.8) is 0 Å². The number of nitrogens with zero attached hydrogens (tertiary/aromatic N) is 4. The second-order valence-electron chi connectivity index (χ2n) is 6.20. The molecule has 130 valence electrons. The highest BCUT2D eigenvalue weighted by Crippen LogP contribution is 2.21. The SMILES string of the molecule is Cc1ccc2c(CNc3ccc(-n4cnnn4)c(C)c3)cc(=O)oc2c1. The maximum absolute atomic E-state index is 11.8. The number of aryl methyl sites for hydroxylation is 2. The Hall–Kier alpha value is -3.48. The number of nitrogens with one attached hydrogen (secondary N) is 1. The molecule has 0 radical (unpaired) electrons. The van der Waals surface area contributed by atoms with Crippen LogP contribution in [0.3, 0.4) is 0 Å². The van der Waals surface area contributed by atoms with Gasteiger partial charge in [-0.15, -0.1) is 5.10 Å². The average molecular weight is 347 g/mol. The summed E-state index contributed by atoms with van der Waals surface area (Å²) in [7, 11) is 0. The van der Waals surface area contributed by atoms with Crippen molar-refractivity contribution >= 4 is 16.7 Å². The van der Waals surface area contributed by atoms with E-state index in [2.05, 4.69) is 20.8 Å². The molecule has 0 bridgehead atoms. The van der Waals surface area contributed by atoms with Gasteiger partial charge in [-0.1, -0.05) is 12.1 Å². The van der Waals surface area contributed by atoms with Gasteiger partial charge in [-0.2, -0.15) is 0 Å². The van der Waals surface area contributed by atoms with Crippen molar-refractivity contribution in [1.82, 2.24) is 20.2 Å². The number of rotatable bonds is 4. The molecule has 0 amide bonds. The minimum atomic E-state index is -0.342. The van der Waals surface area contributed by atoms with E-state index in [4.69, 9.17) is 4.42 Å². The summed E-state index contributed by atoms with van der Waals surface area (Å²) in [5, 5.41) is 15.5. The lowest BCUT2D eigenvalue weighted by atomic mass is 10.1. The monoisotopic (exact) mass is 347 g/mol. The summed E-state index contributed by atoms with van der Waals surface area (Å²) in [6, 6.07) is 13.3. The molecule has 2 aromatic carbocycles. The van der Waals surface area contributed by atoms with Crippen LogP contribution in [0.15, 0.2) is 58.0 Å². The number of anilines is 1. The fraction of sp³-hybridized carbons (Fsp3) is 0.158. The normalized spacial score (nSPS) is 11.0. The van der Waals surface area contributed by atoms with Crippen molar-refractivity contribution in [3.8, 4) is 5.69 Å². The second-order valence-corrected chi connectivity index (χ2v) is 6.20. The van der Waals surface area contributed by atoms with E-state index in [0.717, 1.165) is 33.5 Å². The van der Waals surface area contributed by atoms with Gasteiger partial charge in [0.1, 0.15) is 11.9 Å². The van der Waals surface area contributed by atoms with Gasteiger partial charge in [0.05, 0.1) is 5.69 Å². The molecule has 0 aliphatic carbocycles. The van der Waals surface area contributed by atoms with E-state index in [-0.39, 0.29) is 5.63 Å². The lowest BCUT2D eigenvalue weighted by Gasteiger charge is -2.11. The number of hydrogen-bond donors (Lipinski definition) is 1. The average Bonchev–Trinajstić information content (AvgIpc) is 3.13. The zero-order valence-corrected chi connectivity index (χ0v) is 14.4. The third kappa shape index (κ3) is 3.06. The van der Waals surface area contributed by atoms with Gasteiger partial charge in [-0.05, 0) is 65.2 Å². The molecule has 2 aromatic heterocycles. The minimum absolute atomic E-state index is 0.342. The first-order valence-electron chi connectivity index (χ1n) is 8.21. The van der Waals surface area contributed by atoms with Crippen molar-refractivity contribution in [2.75, 3.05) is 5.32 Å². The molecule has 0 saturated carbocycles. The lowest BCUT2D eigenvalue weighted by molar-refractivity contribution is 0.559. The molecule has 0 atom stereocenters. The predicted octanol–water partition coefficient (Wildman–Crippen LogP) is 3.00. The summed E-state index contributed by atoms with van der Waals surface area (Å²) in [6.07, 6.45) is 1.56. The Morgan fingerprint density at radius 1 is 1.12 bits per heavy atom. The highest BCUT2D eigenvalue weighted by Gasteiger charge is 2.07. The third-order valence-electron chi connectivity index (χ3n) is 4.26. The molecule has 0 aliphatic rings. The fourth-order valence-corrected chi connectivity index (χ4v) is 2.97. The maximum atomic E-state index is 11.8. The van der Waals surface area contributed by atoms with Crippen LogP contribution in [0.4, 0.5) is 5.69 Å². The Morgan fingerprint density at radius 2 is 2.00 bits per heavy atom. The second kappa shape index (κ2) is 6.44. The van der Waals surface area contributed by atoms with Crippen LogP contribution in [0.1, 0.15) is 16.7 Å². The Labute approximate surface area is 149 Å². The highest BCUT2D eigenvalue weighted by atomic mass is 16.4. The van der Waals surface area contributed by atoms with Crippen LogP contribution >= 0.6 is 0 Å². The van der Waals surface area contributed by atoms with Crippen molar-refractivity contribution in [2.45, 2.75) is 20.4 Å². The first-order chi connectivity index (χ1) is 12.6. The molecule has 7 heteroatoms. The van der Waals surface area contributed by atoms with E-state index in [1.165, 1.54) is 6.07 Å². The van der Waals surface area contributed by atoms with Crippen LogP contribution in [-0.4, -0.2) is 20.2 Å². The van der Waals surface area contributed by atoms with Gasteiger partial charge in [0.15, 0.2) is 0 Å². The quantitative estimate of drug-likeness (QED) is 0.571.